The SMILES string of the molecule is CC(C)[C@@H]1CS(=O)(=O)C[C@@H]1C. The van der Waals surface area contributed by atoms with Crippen molar-refractivity contribution in [3.63, 3.8) is 0 Å². The molecule has 0 aromatic rings. The second-order valence-corrected chi connectivity index (χ2v) is 6.12. The van der Waals surface area contributed by atoms with Gasteiger partial charge in [0.2, 0.25) is 0 Å². The molecule has 0 aromatic heterocycles. The van der Waals surface area contributed by atoms with E-state index in [4.69, 9.17) is 0 Å². The molecule has 0 aromatic carbocycles. The highest BCUT2D eigenvalue weighted by molar-refractivity contribution is 7.91. The minimum Gasteiger partial charge on any atom is -0.229 e. The van der Waals surface area contributed by atoms with Crippen molar-refractivity contribution in [2.75, 3.05) is 11.5 Å². The van der Waals surface area contributed by atoms with Crippen LogP contribution in [0.3, 0.4) is 0 Å². The van der Waals surface area contributed by atoms with Gasteiger partial charge in [-0.2, -0.15) is 0 Å². The lowest BCUT2D eigenvalue weighted by Crippen LogP contribution is -2.15. The van der Waals surface area contributed by atoms with Gasteiger partial charge in [-0.15, -0.1) is 0 Å². The Morgan fingerprint density at radius 1 is 1.27 bits per heavy atom. The number of sulfone groups is 1. The first-order valence-electron chi connectivity index (χ1n) is 4.13. The second-order valence-electron chi connectivity index (χ2n) is 3.96. The third-order valence-corrected chi connectivity index (χ3v) is 4.48. The van der Waals surface area contributed by atoms with Crippen molar-refractivity contribution in [3.8, 4) is 0 Å². The zero-order chi connectivity index (χ0) is 8.65. The van der Waals surface area contributed by atoms with Crippen molar-refractivity contribution < 1.29 is 8.42 Å². The van der Waals surface area contributed by atoms with Gasteiger partial charge in [-0.05, 0) is 17.8 Å². The molecule has 1 rings (SSSR count). The minimum absolute atomic E-state index is 0.361. The summed E-state index contributed by atoms with van der Waals surface area (Å²) in [5, 5.41) is 0. The Morgan fingerprint density at radius 3 is 2.00 bits per heavy atom. The molecule has 0 bridgehead atoms. The highest BCUT2D eigenvalue weighted by Crippen LogP contribution is 2.30. The first kappa shape index (κ1) is 9.04. The van der Waals surface area contributed by atoms with E-state index in [-0.39, 0.29) is 0 Å². The lowest BCUT2D eigenvalue weighted by molar-refractivity contribution is 0.341. The van der Waals surface area contributed by atoms with Crippen molar-refractivity contribution in [2.45, 2.75) is 20.8 Å². The zero-order valence-corrected chi connectivity index (χ0v) is 8.19. The zero-order valence-electron chi connectivity index (χ0n) is 7.37. The molecular weight excluding hydrogens is 160 g/mol. The van der Waals surface area contributed by atoms with Crippen LogP contribution in [-0.2, 0) is 9.84 Å². The summed E-state index contributed by atoms with van der Waals surface area (Å²) >= 11 is 0. The smallest absolute Gasteiger partial charge is 0.150 e. The van der Waals surface area contributed by atoms with Crippen LogP contribution in [-0.4, -0.2) is 19.9 Å². The Morgan fingerprint density at radius 2 is 1.82 bits per heavy atom. The van der Waals surface area contributed by atoms with Crippen LogP contribution >= 0.6 is 0 Å². The molecule has 1 aliphatic heterocycles. The summed E-state index contributed by atoms with van der Waals surface area (Å²) in [6.07, 6.45) is 0. The van der Waals surface area contributed by atoms with Crippen LogP contribution in [0.15, 0.2) is 0 Å². The normalized spacial score (nSPS) is 36.4. The van der Waals surface area contributed by atoms with E-state index in [1.54, 1.807) is 0 Å². The molecule has 1 fully saturated rings. The summed E-state index contributed by atoms with van der Waals surface area (Å²) in [6, 6.07) is 0. The molecule has 1 saturated heterocycles. The highest BCUT2D eigenvalue weighted by Gasteiger charge is 2.35. The molecule has 66 valence electrons. The van der Waals surface area contributed by atoms with Crippen LogP contribution in [0.5, 0.6) is 0 Å². The summed E-state index contributed by atoms with van der Waals surface area (Å²) < 4.78 is 22.3. The number of hydrogen-bond acceptors (Lipinski definition) is 2. The van der Waals surface area contributed by atoms with E-state index >= 15 is 0 Å². The maximum Gasteiger partial charge on any atom is 0.150 e. The Hall–Kier alpha value is -0.0500. The van der Waals surface area contributed by atoms with E-state index in [9.17, 15) is 8.42 Å². The second kappa shape index (κ2) is 2.77. The summed E-state index contributed by atoms with van der Waals surface area (Å²) in [5.74, 6) is 2.06. The predicted molar refractivity (Wildman–Crippen MR) is 46.1 cm³/mol. The van der Waals surface area contributed by atoms with Gasteiger partial charge in [0.15, 0.2) is 9.84 Å². The van der Waals surface area contributed by atoms with Gasteiger partial charge in [0.25, 0.3) is 0 Å². The van der Waals surface area contributed by atoms with E-state index < -0.39 is 9.84 Å². The molecule has 2 nitrogen and oxygen atoms in total. The first-order chi connectivity index (χ1) is 4.92. The lowest BCUT2D eigenvalue weighted by Gasteiger charge is -2.16. The molecule has 3 heteroatoms. The van der Waals surface area contributed by atoms with Crippen molar-refractivity contribution in [1.29, 1.82) is 0 Å². The van der Waals surface area contributed by atoms with Crippen LogP contribution in [0.1, 0.15) is 20.8 Å². The highest BCUT2D eigenvalue weighted by atomic mass is 32.2. The van der Waals surface area contributed by atoms with E-state index in [2.05, 4.69) is 13.8 Å². The Balaban J connectivity index is 2.75. The minimum atomic E-state index is -2.69. The number of hydrogen-bond donors (Lipinski definition) is 0. The van der Waals surface area contributed by atoms with E-state index in [1.807, 2.05) is 6.92 Å². The summed E-state index contributed by atoms with van der Waals surface area (Å²) in [4.78, 5) is 0. The largest absolute Gasteiger partial charge is 0.229 e. The van der Waals surface area contributed by atoms with E-state index in [0.717, 1.165) is 0 Å². The van der Waals surface area contributed by atoms with Crippen LogP contribution in [0.4, 0.5) is 0 Å². The van der Waals surface area contributed by atoms with Crippen LogP contribution in [0, 0.1) is 17.8 Å². The molecule has 1 aliphatic rings. The van der Waals surface area contributed by atoms with Gasteiger partial charge < -0.3 is 0 Å². The molecule has 0 radical (unpaired) electrons. The van der Waals surface area contributed by atoms with Crippen LogP contribution in [0.25, 0.3) is 0 Å². The predicted octanol–water partition coefficient (Wildman–Crippen LogP) is 1.32. The van der Waals surface area contributed by atoms with Crippen molar-refractivity contribution in [2.24, 2.45) is 17.8 Å². The number of rotatable bonds is 1. The fourth-order valence-corrected chi connectivity index (χ4v) is 4.38. The molecule has 2 atom stereocenters. The summed E-state index contributed by atoms with van der Waals surface area (Å²) in [7, 11) is -2.69. The third kappa shape index (κ3) is 1.95. The molecule has 0 N–H and O–H groups in total. The maximum absolute atomic E-state index is 11.2. The third-order valence-electron chi connectivity index (χ3n) is 2.55. The molecule has 0 spiro atoms. The van der Waals surface area contributed by atoms with Crippen LogP contribution < -0.4 is 0 Å². The Labute approximate surface area is 68.9 Å². The van der Waals surface area contributed by atoms with Gasteiger partial charge >= 0.3 is 0 Å². The van der Waals surface area contributed by atoms with Gasteiger partial charge in [-0.3, -0.25) is 0 Å². The van der Waals surface area contributed by atoms with Crippen molar-refractivity contribution in [1.82, 2.24) is 0 Å². The molecular formula is C8H16O2S. The molecule has 11 heavy (non-hydrogen) atoms. The van der Waals surface area contributed by atoms with Crippen molar-refractivity contribution >= 4 is 9.84 Å². The first-order valence-corrected chi connectivity index (χ1v) is 5.95. The molecule has 0 amide bonds. The van der Waals surface area contributed by atoms with Crippen molar-refractivity contribution in [3.05, 3.63) is 0 Å². The molecule has 0 saturated carbocycles. The topological polar surface area (TPSA) is 34.1 Å². The van der Waals surface area contributed by atoms with Gasteiger partial charge in [0.05, 0.1) is 11.5 Å². The van der Waals surface area contributed by atoms with Crippen LogP contribution in [0.2, 0.25) is 0 Å². The standard InChI is InChI=1S/C8H16O2S/c1-6(2)8-5-11(9,10)4-7(8)3/h6-8H,4-5H2,1-3H3/t7-,8-/m0/s1. The average Bonchev–Trinajstić information content (AvgIpc) is 2.05. The lowest BCUT2D eigenvalue weighted by atomic mass is 9.88. The van der Waals surface area contributed by atoms with Gasteiger partial charge in [-0.1, -0.05) is 20.8 Å². The monoisotopic (exact) mass is 176 g/mol. The van der Waals surface area contributed by atoms with Gasteiger partial charge in [0.1, 0.15) is 0 Å². The molecule has 1 heterocycles. The van der Waals surface area contributed by atoms with E-state index in [1.165, 1.54) is 0 Å². The van der Waals surface area contributed by atoms with Gasteiger partial charge in [0, 0.05) is 0 Å². The fourth-order valence-electron chi connectivity index (χ4n) is 1.90. The Bertz CT molecular complexity index is 228. The summed E-state index contributed by atoms with van der Waals surface area (Å²) in [5.41, 5.74) is 0. The summed E-state index contributed by atoms with van der Waals surface area (Å²) in [6.45, 7) is 6.24. The fraction of sp³-hybridized carbons (Fsp3) is 1.00. The quantitative estimate of drug-likeness (QED) is 0.604. The molecule has 0 unspecified atom stereocenters. The van der Waals surface area contributed by atoms with E-state index in [0.29, 0.717) is 29.3 Å². The molecule has 0 aliphatic carbocycles. The van der Waals surface area contributed by atoms with Gasteiger partial charge in [-0.25, -0.2) is 8.42 Å². The Kier molecular flexibility index (Phi) is 2.28. The average molecular weight is 176 g/mol. The maximum atomic E-state index is 11.2.